The zero-order valence-corrected chi connectivity index (χ0v) is 13.1. The van der Waals surface area contributed by atoms with E-state index in [1.54, 1.807) is 0 Å². The number of carbonyl (C=O) groups excluding carboxylic acids is 1. The minimum Gasteiger partial charge on any atom is -0.444 e. The van der Waals surface area contributed by atoms with Crippen molar-refractivity contribution < 1.29 is 9.53 Å². The second-order valence-electron chi connectivity index (χ2n) is 6.98. The summed E-state index contributed by atoms with van der Waals surface area (Å²) >= 11 is 0. The monoisotopic (exact) mass is 283 g/mol. The lowest BCUT2D eigenvalue weighted by molar-refractivity contribution is 0.0187. The predicted octanol–water partition coefficient (Wildman–Crippen LogP) is 1.81. The topological polar surface area (TPSA) is 58.8 Å². The van der Waals surface area contributed by atoms with Gasteiger partial charge in [0.15, 0.2) is 0 Å². The average Bonchev–Trinajstić information content (AvgIpc) is 3.07. The van der Waals surface area contributed by atoms with Gasteiger partial charge in [0.1, 0.15) is 5.60 Å². The molecule has 1 saturated carbocycles. The molecule has 116 valence electrons. The molecule has 0 aromatic rings. The molecule has 2 fully saturated rings. The number of amides is 1. The fourth-order valence-corrected chi connectivity index (χ4v) is 2.87. The van der Waals surface area contributed by atoms with Crippen LogP contribution in [0.15, 0.2) is 0 Å². The third kappa shape index (κ3) is 4.35. The van der Waals surface area contributed by atoms with Crippen LogP contribution in [-0.4, -0.2) is 59.8 Å². The van der Waals surface area contributed by atoms with E-state index in [2.05, 4.69) is 4.90 Å². The lowest BCUT2D eigenvalue weighted by Crippen LogP contribution is -2.46. The highest BCUT2D eigenvalue weighted by Crippen LogP contribution is 2.30. The molecule has 1 amide bonds. The van der Waals surface area contributed by atoms with Crippen molar-refractivity contribution >= 4 is 6.09 Å². The Morgan fingerprint density at radius 3 is 2.60 bits per heavy atom. The Kier molecular flexibility index (Phi) is 4.91. The number of carbonyl (C=O) groups is 1. The Labute approximate surface area is 122 Å². The Hall–Kier alpha value is -0.810. The largest absolute Gasteiger partial charge is 0.444 e. The Morgan fingerprint density at radius 1 is 1.35 bits per heavy atom. The quantitative estimate of drug-likeness (QED) is 0.836. The molecule has 1 unspecified atom stereocenters. The maximum Gasteiger partial charge on any atom is 0.410 e. The summed E-state index contributed by atoms with van der Waals surface area (Å²) in [6, 6.07) is 0.844. The van der Waals surface area contributed by atoms with Crippen LogP contribution in [0.1, 0.15) is 46.5 Å². The molecular weight excluding hydrogens is 254 g/mol. The van der Waals surface area contributed by atoms with Crippen molar-refractivity contribution in [3.8, 4) is 0 Å². The average molecular weight is 283 g/mol. The van der Waals surface area contributed by atoms with Crippen molar-refractivity contribution in [2.75, 3.05) is 26.2 Å². The smallest absolute Gasteiger partial charge is 0.410 e. The molecule has 2 aliphatic rings. The number of likely N-dealkylation sites (tertiary alicyclic amines) is 1. The summed E-state index contributed by atoms with van der Waals surface area (Å²) in [5.41, 5.74) is 5.25. The van der Waals surface area contributed by atoms with Gasteiger partial charge in [0.2, 0.25) is 0 Å². The van der Waals surface area contributed by atoms with Gasteiger partial charge in [-0.2, -0.15) is 0 Å². The second kappa shape index (κ2) is 6.31. The molecule has 0 spiro atoms. The summed E-state index contributed by atoms with van der Waals surface area (Å²) in [6.07, 6.45) is 4.44. The molecule has 1 heterocycles. The van der Waals surface area contributed by atoms with Crippen molar-refractivity contribution in [1.29, 1.82) is 0 Å². The van der Waals surface area contributed by atoms with Gasteiger partial charge in [0, 0.05) is 31.7 Å². The predicted molar refractivity (Wildman–Crippen MR) is 79.6 cm³/mol. The van der Waals surface area contributed by atoms with Crippen LogP contribution in [0.5, 0.6) is 0 Å². The van der Waals surface area contributed by atoms with E-state index in [0.717, 1.165) is 38.9 Å². The van der Waals surface area contributed by atoms with Crippen LogP contribution in [0, 0.1) is 0 Å². The van der Waals surface area contributed by atoms with E-state index in [0.29, 0.717) is 18.6 Å². The molecule has 1 atom stereocenters. The summed E-state index contributed by atoms with van der Waals surface area (Å²) < 4.78 is 5.55. The first-order chi connectivity index (χ1) is 9.40. The number of hydrogen-bond donors (Lipinski definition) is 1. The third-order valence-electron chi connectivity index (χ3n) is 3.94. The lowest BCUT2D eigenvalue weighted by Gasteiger charge is -2.32. The van der Waals surface area contributed by atoms with Gasteiger partial charge in [-0.15, -0.1) is 0 Å². The fraction of sp³-hybridized carbons (Fsp3) is 0.933. The molecule has 5 nitrogen and oxygen atoms in total. The number of rotatable bonds is 5. The van der Waals surface area contributed by atoms with Gasteiger partial charge in [-0.1, -0.05) is 0 Å². The van der Waals surface area contributed by atoms with E-state index in [1.165, 1.54) is 6.42 Å². The molecule has 20 heavy (non-hydrogen) atoms. The van der Waals surface area contributed by atoms with E-state index in [9.17, 15) is 4.79 Å². The molecular formula is C15H29N3O2. The van der Waals surface area contributed by atoms with Crippen molar-refractivity contribution in [3.63, 3.8) is 0 Å². The molecule has 1 aliphatic heterocycles. The Bertz CT molecular complexity index is 337. The Morgan fingerprint density at radius 2 is 2.05 bits per heavy atom. The maximum absolute atomic E-state index is 12.4. The molecule has 1 aliphatic carbocycles. The second-order valence-corrected chi connectivity index (χ2v) is 6.98. The van der Waals surface area contributed by atoms with Crippen LogP contribution >= 0.6 is 0 Å². The van der Waals surface area contributed by atoms with Gasteiger partial charge in [-0.05, 0) is 53.0 Å². The van der Waals surface area contributed by atoms with E-state index >= 15 is 0 Å². The van der Waals surface area contributed by atoms with E-state index in [-0.39, 0.29) is 6.09 Å². The highest BCUT2D eigenvalue weighted by molar-refractivity contribution is 5.69. The summed E-state index contributed by atoms with van der Waals surface area (Å²) in [7, 11) is 0. The Balaban J connectivity index is 1.93. The third-order valence-corrected chi connectivity index (χ3v) is 3.94. The van der Waals surface area contributed by atoms with Crippen LogP contribution in [-0.2, 0) is 4.74 Å². The first kappa shape index (κ1) is 15.6. The van der Waals surface area contributed by atoms with Gasteiger partial charge >= 0.3 is 6.09 Å². The number of nitrogens with zero attached hydrogens (tertiary/aromatic N) is 2. The van der Waals surface area contributed by atoms with Crippen LogP contribution in [0.2, 0.25) is 0 Å². The molecule has 2 N–H and O–H groups in total. The first-order valence-electron chi connectivity index (χ1n) is 7.84. The molecule has 0 bridgehead atoms. The van der Waals surface area contributed by atoms with Gasteiger partial charge in [-0.25, -0.2) is 4.79 Å². The zero-order chi connectivity index (χ0) is 14.8. The highest BCUT2D eigenvalue weighted by atomic mass is 16.6. The number of hydrogen-bond acceptors (Lipinski definition) is 4. The van der Waals surface area contributed by atoms with Crippen LogP contribution in [0.3, 0.4) is 0 Å². The number of nitrogens with two attached hydrogens (primary N) is 1. The van der Waals surface area contributed by atoms with Gasteiger partial charge in [0.25, 0.3) is 0 Å². The van der Waals surface area contributed by atoms with E-state index < -0.39 is 5.60 Å². The normalized spacial score (nSPS) is 23.9. The van der Waals surface area contributed by atoms with Crippen LogP contribution < -0.4 is 5.73 Å². The van der Waals surface area contributed by atoms with Gasteiger partial charge in [0.05, 0.1) is 0 Å². The number of ether oxygens (including phenoxy) is 1. The van der Waals surface area contributed by atoms with E-state index in [4.69, 9.17) is 10.5 Å². The maximum atomic E-state index is 12.4. The van der Waals surface area contributed by atoms with Crippen LogP contribution in [0.25, 0.3) is 0 Å². The SMILES string of the molecule is CC(C)(C)OC(=O)N(CC1CCCN1CCN)C1CC1. The standard InChI is InChI=1S/C15H29N3O2/c1-15(2,3)20-14(19)18(12-6-7-12)11-13-5-4-9-17(13)10-8-16/h12-13H,4-11,16H2,1-3H3. The molecule has 0 aromatic carbocycles. The molecule has 0 aromatic heterocycles. The summed E-state index contributed by atoms with van der Waals surface area (Å²) in [6.45, 7) is 9.28. The molecule has 1 saturated heterocycles. The van der Waals surface area contributed by atoms with Crippen LogP contribution in [0.4, 0.5) is 4.79 Å². The van der Waals surface area contributed by atoms with Crippen molar-refractivity contribution in [2.24, 2.45) is 5.73 Å². The lowest BCUT2D eigenvalue weighted by atomic mass is 10.2. The van der Waals surface area contributed by atoms with E-state index in [1.807, 2.05) is 25.7 Å². The zero-order valence-electron chi connectivity index (χ0n) is 13.1. The minimum absolute atomic E-state index is 0.153. The highest BCUT2D eigenvalue weighted by Gasteiger charge is 2.38. The van der Waals surface area contributed by atoms with Crippen molar-refractivity contribution in [3.05, 3.63) is 0 Å². The fourth-order valence-electron chi connectivity index (χ4n) is 2.87. The molecule has 0 radical (unpaired) electrons. The van der Waals surface area contributed by atoms with Crippen molar-refractivity contribution in [2.45, 2.75) is 64.1 Å². The van der Waals surface area contributed by atoms with Crippen molar-refractivity contribution in [1.82, 2.24) is 9.80 Å². The molecule has 2 rings (SSSR count). The van der Waals surface area contributed by atoms with Gasteiger partial charge in [-0.3, -0.25) is 4.90 Å². The summed E-state index contributed by atoms with van der Waals surface area (Å²) in [5.74, 6) is 0. The summed E-state index contributed by atoms with van der Waals surface area (Å²) in [4.78, 5) is 16.7. The first-order valence-corrected chi connectivity index (χ1v) is 7.84. The summed E-state index contributed by atoms with van der Waals surface area (Å²) in [5, 5.41) is 0. The molecule has 5 heteroatoms. The van der Waals surface area contributed by atoms with Gasteiger partial charge < -0.3 is 15.4 Å². The minimum atomic E-state index is -0.420.